The van der Waals surface area contributed by atoms with Gasteiger partial charge < -0.3 is 9.47 Å². The lowest BCUT2D eigenvalue weighted by molar-refractivity contribution is -0.142. The second-order valence-electron chi connectivity index (χ2n) is 5.54. The topological polar surface area (TPSA) is 52.6 Å². The molecule has 21 heavy (non-hydrogen) atoms. The first-order valence-corrected chi connectivity index (χ1v) is 6.97. The normalized spacial score (nSPS) is 11.4. The van der Waals surface area contributed by atoms with E-state index in [4.69, 9.17) is 9.47 Å². The second kappa shape index (κ2) is 7.62. The molecule has 0 aliphatic heterocycles. The number of esters is 2. The average molecular weight is 290 g/mol. The molecule has 0 saturated carbocycles. The molecule has 0 atom stereocenters. The van der Waals surface area contributed by atoms with Crippen molar-refractivity contribution >= 4 is 18.0 Å². The van der Waals surface area contributed by atoms with Gasteiger partial charge in [-0.15, -0.1) is 0 Å². The van der Waals surface area contributed by atoms with E-state index in [1.807, 2.05) is 26.8 Å². The maximum atomic E-state index is 12.0. The summed E-state index contributed by atoms with van der Waals surface area (Å²) in [5, 5.41) is 0. The molecule has 114 valence electrons. The number of carbonyl (C=O) groups excluding carboxylic acids is 2. The number of ether oxygens (including phenoxy) is 2. The van der Waals surface area contributed by atoms with Crippen LogP contribution in [0.3, 0.4) is 0 Å². The quantitative estimate of drug-likeness (QED) is 0.777. The van der Waals surface area contributed by atoms with Gasteiger partial charge in [0.05, 0.1) is 18.6 Å². The predicted molar refractivity (Wildman–Crippen MR) is 81.9 cm³/mol. The lowest BCUT2D eigenvalue weighted by atomic mass is 10.1. The summed E-state index contributed by atoms with van der Waals surface area (Å²) < 4.78 is 10.1. The minimum atomic E-state index is -0.521. The van der Waals surface area contributed by atoms with Crippen LogP contribution in [0.4, 0.5) is 0 Å². The number of benzene rings is 1. The van der Waals surface area contributed by atoms with Gasteiger partial charge in [0.25, 0.3) is 0 Å². The molecule has 1 aromatic carbocycles. The molecule has 1 aromatic rings. The van der Waals surface area contributed by atoms with Gasteiger partial charge in [-0.1, -0.05) is 24.3 Å². The fourth-order valence-corrected chi connectivity index (χ4v) is 1.62. The lowest BCUT2D eigenvalue weighted by Crippen LogP contribution is -2.23. The molecule has 0 unspecified atom stereocenters. The Labute approximate surface area is 125 Å². The van der Waals surface area contributed by atoms with E-state index in [0.29, 0.717) is 12.2 Å². The smallest absolute Gasteiger partial charge is 0.338 e. The van der Waals surface area contributed by atoms with E-state index in [9.17, 15) is 9.59 Å². The highest BCUT2D eigenvalue weighted by Gasteiger charge is 2.17. The van der Waals surface area contributed by atoms with Gasteiger partial charge in [-0.2, -0.15) is 0 Å². The highest BCUT2D eigenvalue weighted by atomic mass is 16.6. The molecule has 0 heterocycles. The average Bonchev–Trinajstić information content (AvgIpc) is 2.37. The molecular weight excluding hydrogens is 268 g/mol. The SMILES string of the molecule is CCOC(=O)CC=Cc1cccc(C(=O)OC(C)(C)C)c1. The molecule has 0 bridgehead atoms. The summed E-state index contributed by atoms with van der Waals surface area (Å²) in [5.74, 6) is -0.625. The van der Waals surface area contributed by atoms with Gasteiger partial charge >= 0.3 is 11.9 Å². The van der Waals surface area contributed by atoms with E-state index in [0.717, 1.165) is 5.56 Å². The van der Waals surface area contributed by atoms with Gasteiger partial charge in [-0.05, 0) is 45.4 Å². The summed E-state index contributed by atoms with van der Waals surface area (Å²) in [6.07, 6.45) is 3.71. The van der Waals surface area contributed by atoms with Crippen molar-refractivity contribution in [2.75, 3.05) is 6.61 Å². The third kappa shape index (κ3) is 6.75. The molecule has 0 aromatic heterocycles. The van der Waals surface area contributed by atoms with E-state index >= 15 is 0 Å². The standard InChI is InChI=1S/C17H22O4/c1-5-20-15(18)11-7-9-13-8-6-10-14(12-13)16(19)21-17(2,3)4/h6-10,12H,5,11H2,1-4H3. The minimum absolute atomic E-state index is 0.213. The third-order valence-corrected chi connectivity index (χ3v) is 2.42. The molecule has 0 amide bonds. The van der Waals surface area contributed by atoms with Crippen LogP contribution in [0.5, 0.6) is 0 Å². The number of hydrogen-bond acceptors (Lipinski definition) is 4. The Morgan fingerprint density at radius 2 is 1.95 bits per heavy atom. The van der Waals surface area contributed by atoms with Crippen molar-refractivity contribution in [3.8, 4) is 0 Å². The summed E-state index contributed by atoms with van der Waals surface area (Å²) >= 11 is 0. The first-order chi connectivity index (χ1) is 9.81. The van der Waals surface area contributed by atoms with Crippen molar-refractivity contribution in [2.45, 2.75) is 39.7 Å². The van der Waals surface area contributed by atoms with Crippen LogP contribution in [0, 0.1) is 0 Å². The minimum Gasteiger partial charge on any atom is -0.466 e. The van der Waals surface area contributed by atoms with Crippen LogP contribution in [0.1, 0.15) is 50.0 Å². The number of carbonyl (C=O) groups is 2. The van der Waals surface area contributed by atoms with Crippen LogP contribution in [0.15, 0.2) is 30.3 Å². The van der Waals surface area contributed by atoms with Crippen LogP contribution in [-0.4, -0.2) is 24.1 Å². The van der Waals surface area contributed by atoms with E-state index in [-0.39, 0.29) is 18.4 Å². The van der Waals surface area contributed by atoms with Crippen molar-refractivity contribution < 1.29 is 19.1 Å². The van der Waals surface area contributed by atoms with Gasteiger partial charge in [0.1, 0.15) is 5.60 Å². The van der Waals surface area contributed by atoms with Crippen LogP contribution in [0.25, 0.3) is 6.08 Å². The van der Waals surface area contributed by atoms with Crippen molar-refractivity contribution in [2.24, 2.45) is 0 Å². The second-order valence-corrected chi connectivity index (χ2v) is 5.54. The van der Waals surface area contributed by atoms with E-state index < -0.39 is 5.60 Å². The zero-order valence-electron chi connectivity index (χ0n) is 13.0. The first kappa shape index (κ1) is 17.0. The van der Waals surface area contributed by atoms with Crippen LogP contribution >= 0.6 is 0 Å². The zero-order chi connectivity index (χ0) is 15.9. The summed E-state index contributed by atoms with van der Waals surface area (Å²) in [6.45, 7) is 7.63. The molecule has 4 nitrogen and oxygen atoms in total. The van der Waals surface area contributed by atoms with Crippen molar-refractivity contribution in [3.05, 3.63) is 41.5 Å². The van der Waals surface area contributed by atoms with Gasteiger partial charge in [-0.25, -0.2) is 4.79 Å². The van der Waals surface area contributed by atoms with E-state index in [2.05, 4.69) is 0 Å². The fraction of sp³-hybridized carbons (Fsp3) is 0.412. The van der Waals surface area contributed by atoms with E-state index in [1.165, 1.54) is 0 Å². The Hall–Kier alpha value is -2.10. The Morgan fingerprint density at radius 3 is 2.57 bits per heavy atom. The Morgan fingerprint density at radius 1 is 1.24 bits per heavy atom. The fourth-order valence-electron chi connectivity index (χ4n) is 1.62. The largest absolute Gasteiger partial charge is 0.466 e. The van der Waals surface area contributed by atoms with Crippen LogP contribution in [-0.2, 0) is 14.3 Å². The number of hydrogen-bond donors (Lipinski definition) is 0. The summed E-state index contributed by atoms with van der Waals surface area (Å²) in [4.78, 5) is 23.2. The molecule has 0 aliphatic rings. The monoisotopic (exact) mass is 290 g/mol. The first-order valence-electron chi connectivity index (χ1n) is 6.97. The van der Waals surface area contributed by atoms with Gasteiger partial charge in [-0.3, -0.25) is 4.79 Å². The Kier molecular flexibility index (Phi) is 6.15. The summed E-state index contributed by atoms with van der Waals surface area (Å²) in [7, 11) is 0. The molecule has 0 saturated heterocycles. The molecule has 0 radical (unpaired) electrons. The zero-order valence-corrected chi connectivity index (χ0v) is 13.0. The summed E-state index contributed by atoms with van der Waals surface area (Å²) in [6, 6.07) is 7.07. The van der Waals surface area contributed by atoms with Crippen LogP contribution < -0.4 is 0 Å². The highest BCUT2D eigenvalue weighted by Crippen LogP contribution is 2.14. The van der Waals surface area contributed by atoms with Gasteiger partial charge in [0.2, 0.25) is 0 Å². The summed E-state index contributed by atoms with van der Waals surface area (Å²) in [5.41, 5.74) is 0.804. The molecule has 4 heteroatoms. The molecule has 0 spiro atoms. The third-order valence-electron chi connectivity index (χ3n) is 2.42. The lowest BCUT2D eigenvalue weighted by Gasteiger charge is -2.19. The molecule has 0 fully saturated rings. The van der Waals surface area contributed by atoms with Crippen LogP contribution in [0.2, 0.25) is 0 Å². The maximum Gasteiger partial charge on any atom is 0.338 e. The molecule has 1 rings (SSSR count). The highest BCUT2D eigenvalue weighted by molar-refractivity contribution is 5.90. The Bertz CT molecular complexity index is 524. The number of rotatable bonds is 5. The van der Waals surface area contributed by atoms with Gasteiger partial charge in [0, 0.05) is 0 Å². The van der Waals surface area contributed by atoms with Crippen molar-refractivity contribution in [3.63, 3.8) is 0 Å². The predicted octanol–water partition coefficient (Wildman–Crippen LogP) is 3.61. The van der Waals surface area contributed by atoms with Gasteiger partial charge in [0.15, 0.2) is 0 Å². The van der Waals surface area contributed by atoms with E-state index in [1.54, 1.807) is 37.3 Å². The van der Waals surface area contributed by atoms with Crippen molar-refractivity contribution in [1.29, 1.82) is 0 Å². The molecule has 0 N–H and O–H groups in total. The molecular formula is C17H22O4. The maximum absolute atomic E-state index is 12.0. The van der Waals surface area contributed by atoms with Crippen molar-refractivity contribution in [1.82, 2.24) is 0 Å². The molecule has 0 aliphatic carbocycles. The Balaban J connectivity index is 2.70.